The summed E-state index contributed by atoms with van der Waals surface area (Å²) >= 11 is 0. The Morgan fingerprint density at radius 1 is 1.14 bits per heavy atom. The van der Waals surface area contributed by atoms with Crippen LogP contribution in [0.5, 0.6) is 0 Å². The van der Waals surface area contributed by atoms with Crippen molar-refractivity contribution in [2.75, 3.05) is 11.9 Å². The van der Waals surface area contributed by atoms with Crippen molar-refractivity contribution < 1.29 is 19.1 Å². The van der Waals surface area contributed by atoms with Crippen molar-refractivity contribution in [1.29, 1.82) is 0 Å². The number of hydrogen-bond acceptors (Lipinski definition) is 4. The fourth-order valence-corrected chi connectivity index (χ4v) is 4.26. The van der Waals surface area contributed by atoms with Crippen LogP contribution in [0, 0.1) is 19.8 Å². The molecule has 2 aromatic carbocycles. The number of carbonyl (C=O) groups excluding carboxylic acids is 3. The Labute approximate surface area is 213 Å². The third kappa shape index (κ3) is 6.74. The first kappa shape index (κ1) is 27.0. The van der Waals surface area contributed by atoms with Crippen LogP contribution in [-0.2, 0) is 14.3 Å². The van der Waals surface area contributed by atoms with Gasteiger partial charge in [0.25, 0.3) is 5.91 Å². The Morgan fingerprint density at radius 2 is 1.75 bits per heavy atom. The van der Waals surface area contributed by atoms with Crippen molar-refractivity contribution in [3.8, 4) is 0 Å². The van der Waals surface area contributed by atoms with Gasteiger partial charge in [-0.2, -0.15) is 0 Å². The van der Waals surface area contributed by atoms with Crippen LogP contribution >= 0.6 is 0 Å². The summed E-state index contributed by atoms with van der Waals surface area (Å²) < 4.78 is 5.28. The molecule has 1 fully saturated rings. The number of ether oxygens (including phenoxy) is 1. The van der Waals surface area contributed by atoms with E-state index in [9.17, 15) is 14.4 Å². The highest BCUT2D eigenvalue weighted by molar-refractivity contribution is 5.99. The molecule has 192 valence electrons. The largest absolute Gasteiger partial charge is 0.444 e. The van der Waals surface area contributed by atoms with E-state index in [0.29, 0.717) is 5.56 Å². The monoisotopic (exact) mass is 491 g/mol. The van der Waals surface area contributed by atoms with E-state index in [1.54, 1.807) is 31.7 Å². The van der Waals surface area contributed by atoms with E-state index in [4.69, 9.17) is 4.74 Å². The highest BCUT2D eigenvalue weighted by atomic mass is 16.6. The zero-order valence-electron chi connectivity index (χ0n) is 22.1. The summed E-state index contributed by atoms with van der Waals surface area (Å²) in [5.74, 6) is -0.409. The quantitative estimate of drug-likeness (QED) is 0.518. The summed E-state index contributed by atoms with van der Waals surface area (Å²) in [5.41, 5.74) is 3.45. The van der Waals surface area contributed by atoms with Gasteiger partial charge < -0.3 is 20.3 Å². The minimum Gasteiger partial charge on any atom is -0.444 e. The number of amides is 3. The Kier molecular flexibility index (Phi) is 8.23. The molecule has 7 heteroatoms. The maximum absolute atomic E-state index is 13.9. The van der Waals surface area contributed by atoms with E-state index in [1.807, 2.05) is 63.2 Å². The minimum absolute atomic E-state index is 0.112. The number of rotatable bonds is 8. The number of nitrogens with zero attached hydrogens (tertiary/aromatic N) is 1. The fourth-order valence-electron chi connectivity index (χ4n) is 4.26. The molecule has 2 aromatic rings. The molecular formula is C29H37N3O4. The normalized spacial score (nSPS) is 17.5. The van der Waals surface area contributed by atoms with E-state index >= 15 is 0 Å². The standard InChI is InChI=1S/C29H37N3O4/c1-8-21-13-10-14-22(16-21)26(27(34)31-25-18(2)11-9-12-19(25)3)32(23-15-20(23)4)24(33)17-30-28(35)36-29(5,6)7/h8-14,16,20,23,26H,1,15,17H2,2-7H3,(H,30,35)(H,31,34). The molecule has 1 saturated carbocycles. The van der Waals surface area contributed by atoms with Crippen LogP contribution in [0.2, 0.25) is 0 Å². The van der Waals surface area contributed by atoms with Crippen molar-refractivity contribution in [2.45, 2.75) is 65.6 Å². The van der Waals surface area contributed by atoms with Gasteiger partial charge in [0.05, 0.1) is 0 Å². The van der Waals surface area contributed by atoms with Gasteiger partial charge >= 0.3 is 6.09 Å². The lowest BCUT2D eigenvalue weighted by Gasteiger charge is -2.32. The topological polar surface area (TPSA) is 87.7 Å². The number of anilines is 1. The zero-order valence-corrected chi connectivity index (χ0v) is 22.1. The van der Waals surface area contributed by atoms with Gasteiger partial charge in [-0.25, -0.2) is 4.79 Å². The minimum atomic E-state index is -0.883. The van der Waals surface area contributed by atoms with Gasteiger partial charge in [-0.05, 0) is 75.3 Å². The van der Waals surface area contributed by atoms with Crippen molar-refractivity contribution in [3.05, 3.63) is 71.3 Å². The summed E-state index contributed by atoms with van der Waals surface area (Å²) in [4.78, 5) is 41.3. The molecule has 3 amide bonds. The number of para-hydroxylation sites is 1. The first-order valence-corrected chi connectivity index (χ1v) is 12.3. The number of alkyl carbamates (subject to hydrolysis) is 1. The first-order chi connectivity index (χ1) is 16.9. The number of benzene rings is 2. The van der Waals surface area contributed by atoms with E-state index in [-0.39, 0.29) is 30.3 Å². The second kappa shape index (κ2) is 11.0. The molecule has 3 unspecified atom stereocenters. The number of aryl methyl sites for hydroxylation is 2. The predicted octanol–water partition coefficient (Wildman–Crippen LogP) is 5.39. The van der Waals surface area contributed by atoms with Crippen molar-refractivity contribution >= 4 is 29.7 Å². The van der Waals surface area contributed by atoms with Crippen LogP contribution in [0.1, 0.15) is 62.4 Å². The number of hydrogen-bond donors (Lipinski definition) is 2. The van der Waals surface area contributed by atoms with Gasteiger partial charge in [-0.15, -0.1) is 0 Å². The molecule has 1 aliphatic carbocycles. The average Bonchev–Trinajstić information content (AvgIpc) is 3.52. The van der Waals surface area contributed by atoms with E-state index in [2.05, 4.69) is 17.2 Å². The summed E-state index contributed by atoms with van der Waals surface area (Å²) in [7, 11) is 0. The zero-order chi connectivity index (χ0) is 26.6. The summed E-state index contributed by atoms with van der Waals surface area (Å²) in [6, 6.07) is 12.3. The predicted molar refractivity (Wildman–Crippen MR) is 142 cm³/mol. The number of nitrogens with one attached hydrogen (secondary N) is 2. The second-order valence-corrected chi connectivity index (χ2v) is 10.5. The maximum Gasteiger partial charge on any atom is 0.408 e. The molecule has 7 nitrogen and oxygen atoms in total. The van der Waals surface area contributed by atoms with Crippen molar-refractivity contribution in [3.63, 3.8) is 0 Å². The van der Waals surface area contributed by atoms with E-state index in [0.717, 1.165) is 28.8 Å². The van der Waals surface area contributed by atoms with E-state index < -0.39 is 17.7 Å². The van der Waals surface area contributed by atoms with Gasteiger partial charge in [-0.3, -0.25) is 9.59 Å². The highest BCUT2D eigenvalue weighted by Gasteiger charge is 2.46. The Bertz CT molecular complexity index is 1130. The molecular weight excluding hydrogens is 454 g/mol. The van der Waals surface area contributed by atoms with Crippen LogP contribution in [0.3, 0.4) is 0 Å². The summed E-state index contributed by atoms with van der Waals surface area (Å²) in [6.45, 7) is 14.8. The lowest BCUT2D eigenvalue weighted by molar-refractivity contribution is -0.139. The molecule has 3 rings (SSSR count). The van der Waals surface area contributed by atoms with Crippen LogP contribution < -0.4 is 10.6 Å². The molecule has 0 spiro atoms. The molecule has 0 heterocycles. The summed E-state index contributed by atoms with van der Waals surface area (Å²) in [5, 5.41) is 5.63. The van der Waals surface area contributed by atoms with Crippen molar-refractivity contribution in [2.24, 2.45) is 5.92 Å². The molecule has 36 heavy (non-hydrogen) atoms. The number of carbonyl (C=O) groups is 3. The van der Waals surface area contributed by atoms with Crippen molar-refractivity contribution in [1.82, 2.24) is 10.2 Å². The van der Waals surface area contributed by atoms with Gasteiger partial charge in [0.2, 0.25) is 5.91 Å². The lowest BCUT2D eigenvalue weighted by atomic mass is 10.00. The average molecular weight is 492 g/mol. The molecule has 3 atom stereocenters. The lowest BCUT2D eigenvalue weighted by Crippen LogP contribution is -2.48. The molecule has 0 saturated heterocycles. The third-order valence-electron chi connectivity index (χ3n) is 6.21. The van der Waals surface area contributed by atoms with Gasteiger partial charge in [0.15, 0.2) is 0 Å². The molecule has 0 radical (unpaired) electrons. The maximum atomic E-state index is 13.9. The van der Waals surface area contributed by atoms with Gasteiger partial charge in [-0.1, -0.05) is 56.0 Å². The van der Waals surface area contributed by atoms with Gasteiger partial charge in [0, 0.05) is 11.7 Å². The highest BCUT2D eigenvalue weighted by Crippen LogP contribution is 2.41. The van der Waals surface area contributed by atoms with Crippen LogP contribution in [0.15, 0.2) is 49.0 Å². The molecule has 1 aliphatic rings. The summed E-state index contributed by atoms with van der Waals surface area (Å²) in [6.07, 6.45) is 1.82. The fraction of sp³-hybridized carbons (Fsp3) is 0.414. The van der Waals surface area contributed by atoms with Gasteiger partial charge in [0.1, 0.15) is 18.2 Å². The molecule has 0 aliphatic heterocycles. The third-order valence-corrected chi connectivity index (χ3v) is 6.21. The Morgan fingerprint density at radius 3 is 2.31 bits per heavy atom. The first-order valence-electron chi connectivity index (χ1n) is 12.3. The molecule has 2 N–H and O–H groups in total. The van der Waals surface area contributed by atoms with Crippen LogP contribution in [-0.4, -0.2) is 41.0 Å². The smallest absolute Gasteiger partial charge is 0.408 e. The Hall–Kier alpha value is -3.61. The van der Waals surface area contributed by atoms with E-state index in [1.165, 1.54) is 0 Å². The SMILES string of the molecule is C=Cc1cccc(C(C(=O)Nc2c(C)cccc2C)N(C(=O)CNC(=O)OC(C)(C)C)C2CC2C)c1. The second-order valence-electron chi connectivity index (χ2n) is 10.5. The van der Waals surface area contributed by atoms with Crippen LogP contribution in [0.25, 0.3) is 6.08 Å². The molecule has 0 bridgehead atoms. The van der Waals surface area contributed by atoms with Crippen LogP contribution in [0.4, 0.5) is 10.5 Å². The Balaban J connectivity index is 1.96. The molecule has 0 aromatic heterocycles.